The van der Waals surface area contributed by atoms with Gasteiger partial charge in [-0.05, 0) is 61.5 Å². The fourth-order valence-corrected chi connectivity index (χ4v) is 6.11. The molecule has 0 saturated carbocycles. The summed E-state index contributed by atoms with van der Waals surface area (Å²) in [6.45, 7) is 0.460. The molecule has 2 aromatic carbocycles. The first-order valence-electron chi connectivity index (χ1n) is 13.6. The highest BCUT2D eigenvalue weighted by molar-refractivity contribution is 7.13. The molecule has 1 aliphatic heterocycles. The highest BCUT2D eigenvalue weighted by Crippen LogP contribution is 2.36. The predicted molar refractivity (Wildman–Crippen MR) is 164 cm³/mol. The quantitative estimate of drug-likeness (QED) is 0.234. The summed E-state index contributed by atoms with van der Waals surface area (Å²) in [5, 5.41) is 9.30. The summed E-state index contributed by atoms with van der Waals surface area (Å²) < 4.78 is 20.9. The number of halogens is 2. The molecular weight excluding hydrogens is 607 g/mol. The number of hydrogen-bond donors (Lipinski definition) is 3. The van der Waals surface area contributed by atoms with Crippen LogP contribution in [0.2, 0.25) is 5.02 Å². The SMILES string of the molecule is CN(C)Cc1ncccc1CNC(=O)c1nc(NC(=O)c2nsc3ccccc23)c2n1CC(=O)N[C@H]2c1cc(F)ccc1Cl. The number of nitrogens with zero attached hydrogens (tertiary/aromatic N) is 5. The van der Waals surface area contributed by atoms with E-state index in [1.165, 1.54) is 34.3 Å². The van der Waals surface area contributed by atoms with E-state index in [-0.39, 0.29) is 46.7 Å². The Balaban J connectivity index is 1.40. The molecule has 0 unspecified atom stereocenters. The average molecular weight is 633 g/mol. The fourth-order valence-electron chi connectivity index (χ4n) is 5.11. The molecule has 6 rings (SSSR count). The molecule has 0 bridgehead atoms. The van der Waals surface area contributed by atoms with Crippen LogP contribution in [0, 0.1) is 5.82 Å². The second-order valence-electron chi connectivity index (χ2n) is 10.4. The Morgan fingerprint density at radius 1 is 1.16 bits per heavy atom. The molecule has 3 aromatic heterocycles. The molecule has 3 N–H and O–H groups in total. The smallest absolute Gasteiger partial charge is 0.287 e. The molecule has 5 aromatic rings. The van der Waals surface area contributed by atoms with Crippen molar-refractivity contribution in [2.45, 2.75) is 25.7 Å². The summed E-state index contributed by atoms with van der Waals surface area (Å²) in [4.78, 5) is 51.0. The van der Waals surface area contributed by atoms with E-state index in [1.54, 1.807) is 24.4 Å². The molecule has 44 heavy (non-hydrogen) atoms. The number of hydrogen-bond acceptors (Lipinski definition) is 8. The Labute approximate surface area is 260 Å². The maximum atomic E-state index is 14.4. The zero-order valence-corrected chi connectivity index (χ0v) is 25.2. The standard InChI is InChI=1S/C30H26ClFN8O3S/c1-39(2)14-21-16(6-5-11-33-21)13-34-30(43)28-36-27(37-29(42)25-18-7-3-4-8-22(18)44-38-25)26-24(35-23(41)15-40(26)28)19-12-17(32)9-10-20(19)31/h3-12,24H,13-15H2,1-2H3,(H,34,43)(H,35,41)(H,37,42)/t24-/m0/s1. The highest BCUT2D eigenvalue weighted by Gasteiger charge is 2.36. The summed E-state index contributed by atoms with van der Waals surface area (Å²) in [5.41, 5.74) is 2.30. The first kappa shape index (κ1) is 29.4. The van der Waals surface area contributed by atoms with E-state index in [0.717, 1.165) is 16.0 Å². The Kier molecular flexibility index (Phi) is 8.08. The third kappa shape index (κ3) is 5.76. The number of nitrogens with one attached hydrogen (secondary N) is 3. The molecule has 0 radical (unpaired) electrons. The fraction of sp³-hybridized carbons (Fsp3) is 0.200. The van der Waals surface area contributed by atoms with Gasteiger partial charge in [-0.3, -0.25) is 19.4 Å². The predicted octanol–water partition coefficient (Wildman–Crippen LogP) is 4.14. The number of carbonyl (C=O) groups excluding carboxylic acids is 3. The molecule has 0 fully saturated rings. The van der Waals surface area contributed by atoms with Crippen molar-refractivity contribution in [1.82, 2.24) is 34.4 Å². The van der Waals surface area contributed by atoms with Gasteiger partial charge in [-0.1, -0.05) is 35.9 Å². The van der Waals surface area contributed by atoms with Crippen LogP contribution in [0.1, 0.15) is 49.7 Å². The van der Waals surface area contributed by atoms with E-state index in [2.05, 4.69) is 30.3 Å². The van der Waals surface area contributed by atoms with Crippen molar-refractivity contribution in [3.8, 4) is 0 Å². The number of aromatic nitrogens is 4. The monoisotopic (exact) mass is 632 g/mol. The zero-order valence-electron chi connectivity index (χ0n) is 23.6. The number of amides is 3. The van der Waals surface area contributed by atoms with Gasteiger partial charge >= 0.3 is 0 Å². The highest BCUT2D eigenvalue weighted by atomic mass is 35.5. The summed E-state index contributed by atoms with van der Waals surface area (Å²) >= 11 is 7.63. The van der Waals surface area contributed by atoms with E-state index in [9.17, 15) is 18.8 Å². The summed E-state index contributed by atoms with van der Waals surface area (Å²) in [5.74, 6) is -2.25. The molecule has 1 aliphatic rings. The number of pyridine rings is 1. The zero-order chi connectivity index (χ0) is 31.0. The first-order chi connectivity index (χ1) is 21.2. The molecule has 3 amide bonds. The van der Waals surface area contributed by atoms with Crippen LogP contribution in [0.4, 0.5) is 10.2 Å². The van der Waals surface area contributed by atoms with Crippen LogP contribution in [0.3, 0.4) is 0 Å². The van der Waals surface area contributed by atoms with Crippen molar-refractivity contribution < 1.29 is 18.8 Å². The van der Waals surface area contributed by atoms with Gasteiger partial charge in [0.25, 0.3) is 11.8 Å². The van der Waals surface area contributed by atoms with Crippen molar-refractivity contribution >= 4 is 56.8 Å². The van der Waals surface area contributed by atoms with Crippen LogP contribution in [0.15, 0.2) is 60.8 Å². The van der Waals surface area contributed by atoms with Gasteiger partial charge in [0, 0.05) is 35.3 Å². The van der Waals surface area contributed by atoms with Gasteiger partial charge in [0.05, 0.1) is 22.1 Å². The number of rotatable bonds is 8. The molecule has 11 nitrogen and oxygen atoms in total. The van der Waals surface area contributed by atoms with Crippen molar-refractivity contribution in [3.05, 3.63) is 106 Å². The molecule has 14 heteroatoms. The van der Waals surface area contributed by atoms with Crippen LogP contribution in [-0.4, -0.2) is 55.6 Å². The Morgan fingerprint density at radius 3 is 2.80 bits per heavy atom. The Hall–Kier alpha value is -4.72. The molecule has 0 saturated heterocycles. The maximum Gasteiger partial charge on any atom is 0.287 e. The Bertz CT molecular complexity index is 1920. The maximum absolute atomic E-state index is 14.4. The third-order valence-corrected chi connectivity index (χ3v) is 8.24. The summed E-state index contributed by atoms with van der Waals surface area (Å²) in [6.07, 6.45) is 1.69. The Morgan fingerprint density at radius 2 is 1.98 bits per heavy atom. The van der Waals surface area contributed by atoms with Crippen LogP contribution in [0.5, 0.6) is 0 Å². The normalized spacial score (nSPS) is 14.4. The number of carbonyl (C=O) groups is 3. The van der Waals surface area contributed by atoms with Gasteiger partial charge < -0.3 is 25.4 Å². The van der Waals surface area contributed by atoms with Gasteiger partial charge in [-0.15, -0.1) is 0 Å². The van der Waals surface area contributed by atoms with E-state index >= 15 is 0 Å². The second-order valence-corrected chi connectivity index (χ2v) is 11.6. The third-order valence-electron chi connectivity index (χ3n) is 7.07. The lowest BCUT2D eigenvalue weighted by Gasteiger charge is -2.28. The lowest BCUT2D eigenvalue weighted by molar-refractivity contribution is -0.123. The minimum atomic E-state index is -1.01. The summed E-state index contributed by atoms with van der Waals surface area (Å²) in [7, 11) is 3.84. The molecular formula is C30H26ClFN8O3S. The van der Waals surface area contributed by atoms with Gasteiger partial charge in [-0.25, -0.2) is 9.37 Å². The number of anilines is 1. The van der Waals surface area contributed by atoms with Crippen molar-refractivity contribution in [3.63, 3.8) is 0 Å². The number of fused-ring (bicyclic) bond motifs is 2. The van der Waals surface area contributed by atoms with Crippen molar-refractivity contribution in [1.29, 1.82) is 0 Å². The van der Waals surface area contributed by atoms with Crippen molar-refractivity contribution in [2.75, 3.05) is 19.4 Å². The van der Waals surface area contributed by atoms with Crippen LogP contribution < -0.4 is 16.0 Å². The van der Waals surface area contributed by atoms with Crippen molar-refractivity contribution in [2.24, 2.45) is 0 Å². The van der Waals surface area contributed by atoms with E-state index in [1.807, 2.05) is 37.2 Å². The van der Waals surface area contributed by atoms with E-state index < -0.39 is 29.6 Å². The molecule has 0 aliphatic carbocycles. The largest absolute Gasteiger partial charge is 0.345 e. The van der Waals surface area contributed by atoms with Crippen LogP contribution >= 0.6 is 23.1 Å². The topological polar surface area (TPSA) is 134 Å². The van der Waals surface area contributed by atoms with Gasteiger partial charge in [0.1, 0.15) is 18.1 Å². The van der Waals surface area contributed by atoms with Crippen LogP contribution in [-0.2, 0) is 24.4 Å². The van der Waals surface area contributed by atoms with E-state index in [0.29, 0.717) is 11.9 Å². The summed E-state index contributed by atoms with van der Waals surface area (Å²) in [6, 6.07) is 13.7. The lowest BCUT2D eigenvalue weighted by Crippen LogP contribution is -2.41. The molecule has 4 heterocycles. The van der Waals surface area contributed by atoms with Gasteiger partial charge in [-0.2, -0.15) is 4.37 Å². The second kappa shape index (κ2) is 12.1. The molecule has 0 spiro atoms. The van der Waals surface area contributed by atoms with Gasteiger partial charge in [0.15, 0.2) is 5.82 Å². The van der Waals surface area contributed by atoms with Crippen LogP contribution in [0.25, 0.3) is 10.1 Å². The molecule has 224 valence electrons. The number of imidazole rings is 1. The average Bonchev–Trinajstić information content (AvgIpc) is 3.59. The van der Waals surface area contributed by atoms with E-state index in [4.69, 9.17) is 11.6 Å². The minimum absolute atomic E-state index is 0.0113. The first-order valence-corrected chi connectivity index (χ1v) is 14.7. The lowest BCUT2D eigenvalue weighted by atomic mass is 10.0. The van der Waals surface area contributed by atoms with Gasteiger partial charge in [0.2, 0.25) is 11.7 Å². The minimum Gasteiger partial charge on any atom is -0.345 e. The number of benzene rings is 2. The molecule has 1 atom stereocenters.